The number of carbonyl (C=O) groups is 2. The van der Waals surface area contributed by atoms with Crippen LogP contribution >= 0.6 is 0 Å². The highest BCUT2D eigenvalue weighted by molar-refractivity contribution is 5.99. The van der Waals surface area contributed by atoms with Gasteiger partial charge in [0, 0.05) is 18.5 Å². The average molecular weight is 696 g/mol. The highest BCUT2D eigenvalue weighted by Gasteiger charge is 2.35. The van der Waals surface area contributed by atoms with Crippen LogP contribution in [0.4, 0.5) is 22.8 Å². The van der Waals surface area contributed by atoms with Gasteiger partial charge in [-0.15, -0.1) is 4.99 Å². The van der Waals surface area contributed by atoms with Crippen LogP contribution < -0.4 is 10.1 Å². The van der Waals surface area contributed by atoms with E-state index in [1.54, 1.807) is 46.4 Å². The number of aromatic nitrogens is 2. The van der Waals surface area contributed by atoms with Crippen LogP contribution in [-0.2, 0) is 22.1 Å². The molecule has 14 heteroatoms. The minimum absolute atomic E-state index is 0.0427. The predicted octanol–water partition coefficient (Wildman–Crippen LogP) is 8.48. The average Bonchev–Trinajstić information content (AvgIpc) is 3.69. The molecule has 1 aliphatic heterocycles. The van der Waals surface area contributed by atoms with Gasteiger partial charge in [-0.3, -0.25) is 5.32 Å². The Hall–Kier alpha value is -5.14. The second kappa shape index (κ2) is 14.4. The molecule has 266 valence electrons. The topological polar surface area (TPSA) is 128 Å². The number of alkyl carbamates (subject to hydrolysis) is 1. The van der Waals surface area contributed by atoms with Crippen molar-refractivity contribution < 1.29 is 41.5 Å². The van der Waals surface area contributed by atoms with Crippen LogP contribution in [0.3, 0.4) is 0 Å². The minimum Gasteiger partial charge on any atom is -0.493 e. The van der Waals surface area contributed by atoms with Gasteiger partial charge in [-0.05, 0) is 101 Å². The third-order valence-electron chi connectivity index (χ3n) is 7.47. The van der Waals surface area contributed by atoms with Gasteiger partial charge in [0.05, 0.1) is 12.2 Å². The van der Waals surface area contributed by atoms with Crippen LogP contribution in [0.2, 0.25) is 0 Å². The third kappa shape index (κ3) is 9.73. The Kier molecular flexibility index (Phi) is 10.4. The number of carbonyl (C=O) groups excluding carboxylic acids is 2. The number of nitrogens with zero attached hydrogens (tertiary/aromatic N) is 4. The highest BCUT2D eigenvalue weighted by Crippen LogP contribution is 2.33. The Morgan fingerprint density at radius 1 is 0.940 bits per heavy atom. The summed E-state index contributed by atoms with van der Waals surface area (Å²) in [7, 11) is 0. The number of hydrogen-bond donors (Lipinski definition) is 1. The lowest BCUT2D eigenvalue weighted by Gasteiger charge is -2.27. The van der Waals surface area contributed by atoms with E-state index < -0.39 is 41.2 Å². The predicted molar refractivity (Wildman–Crippen MR) is 180 cm³/mol. The largest absolute Gasteiger partial charge is 0.493 e. The molecule has 0 bridgehead atoms. The van der Waals surface area contributed by atoms with Gasteiger partial charge in [0.15, 0.2) is 0 Å². The number of rotatable bonds is 6. The molecule has 11 nitrogen and oxygen atoms in total. The van der Waals surface area contributed by atoms with Gasteiger partial charge in [-0.1, -0.05) is 35.5 Å². The van der Waals surface area contributed by atoms with Crippen LogP contribution in [0.1, 0.15) is 77.4 Å². The number of ether oxygens (including phenoxy) is 3. The molecule has 1 atom stereocenters. The molecule has 50 heavy (non-hydrogen) atoms. The Morgan fingerprint density at radius 3 is 2.30 bits per heavy atom. The van der Waals surface area contributed by atoms with Crippen molar-refractivity contribution in [1.29, 1.82) is 0 Å². The number of hydrogen-bond acceptors (Lipinski definition) is 8. The highest BCUT2D eigenvalue weighted by atomic mass is 19.4. The first-order valence-electron chi connectivity index (χ1n) is 16.2. The first kappa shape index (κ1) is 36.1. The van der Waals surface area contributed by atoms with Crippen molar-refractivity contribution in [3.05, 3.63) is 77.7 Å². The lowest BCUT2D eigenvalue weighted by molar-refractivity contribution is -0.137. The molecule has 1 N–H and O–H groups in total. The van der Waals surface area contributed by atoms with Crippen LogP contribution in [0.5, 0.6) is 5.75 Å². The van der Waals surface area contributed by atoms with E-state index in [2.05, 4.69) is 20.4 Å². The molecule has 1 aliphatic rings. The molecular weight excluding hydrogens is 655 g/mol. The summed E-state index contributed by atoms with van der Waals surface area (Å²) in [6.07, 6.45) is -4.25. The molecule has 0 saturated carbocycles. The fourth-order valence-electron chi connectivity index (χ4n) is 5.29. The van der Waals surface area contributed by atoms with Crippen molar-refractivity contribution in [2.75, 3.05) is 13.2 Å². The number of benzene rings is 3. The molecule has 1 saturated heterocycles. The van der Waals surface area contributed by atoms with Gasteiger partial charge < -0.3 is 23.6 Å². The fourth-order valence-corrected chi connectivity index (χ4v) is 5.29. The lowest BCUT2D eigenvalue weighted by Crippen LogP contribution is -2.46. The Bertz CT molecular complexity index is 1860. The van der Waals surface area contributed by atoms with E-state index in [4.69, 9.17) is 18.7 Å². The monoisotopic (exact) mass is 695 g/mol. The van der Waals surface area contributed by atoms with E-state index in [1.807, 2.05) is 36.4 Å². The summed E-state index contributed by atoms with van der Waals surface area (Å²) in [4.78, 5) is 35.8. The Labute approximate surface area is 287 Å². The number of fused-ring (bicyclic) bond motifs is 1. The maximum absolute atomic E-state index is 12.8. The zero-order valence-electron chi connectivity index (χ0n) is 28.8. The van der Waals surface area contributed by atoms with Crippen molar-refractivity contribution in [2.24, 2.45) is 4.99 Å². The molecule has 1 fully saturated rings. The number of nitrogens with one attached hydrogen (secondary N) is 1. The Morgan fingerprint density at radius 2 is 1.62 bits per heavy atom. The van der Waals surface area contributed by atoms with E-state index in [1.165, 1.54) is 12.1 Å². The summed E-state index contributed by atoms with van der Waals surface area (Å²) in [6.45, 7) is 11.1. The van der Waals surface area contributed by atoms with Crippen LogP contribution in [0.15, 0.2) is 70.2 Å². The standard InChI is InChI=1S/C36H40F3N5O6/c1-34(2,3)48-32(45)41-31(42-33(46)49-35(4,5)6)44-18-7-8-28(44)30-40-29(43-50-30)25-12-11-24-21-27(16-13-23(24)20-25)47-19-17-22-9-14-26(15-10-22)36(37,38)39/h9-16,20-21,28H,7-8,17-19H2,1-6H3,(H,41,42,45,46). The fraction of sp³-hybridized carbons (Fsp3) is 0.417. The second-order valence-corrected chi connectivity index (χ2v) is 13.9. The van der Waals surface area contributed by atoms with E-state index in [9.17, 15) is 22.8 Å². The van der Waals surface area contributed by atoms with Crippen LogP contribution in [0, 0.1) is 0 Å². The zero-order chi connectivity index (χ0) is 36.3. The van der Waals surface area contributed by atoms with Gasteiger partial charge in [0.2, 0.25) is 17.7 Å². The summed E-state index contributed by atoms with van der Waals surface area (Å²) in [6, 6.07) is 15.9. The van der Waals surface area contributed by atoms with Crippen molar-refractivity contribution in [3.63, 3.8) is 0 Å². The van der Waals surface area contributed by atoms with Gasteiger partial charge in [-0.2, -0.15) is 18.2 Å². The van der Waals surface area contributed by atoms with Gasteiger partial charge in [-0.25, -0.2) is 9.59 Å². The normalized spacial score (nSPS) is 15.7. The number of amides is 2. The first-order valence-corrected chi connectivity index (χ1v) is 16.2. The number of likely N-dealkylation sites (tertiary alicyclic amines) is 1. The third-order valence-corrected chi connectivity index (χ3v) is 7.47. The summed E-state index contributed by atoms with van der Waals surface area (Å²) >= 11 is 0. The molecule has 1 unspecified atom stereocenters. The molecule has 3 aromatic carbocycles. The van der Waals surface area contributed by atoms with E-state index >= 15 is 0 Å². The molecule has 0 aliphatic carbocycles. The van der Waals surface area contributed by atoms with Crippen molar-refractivity contribution in [3.8, 4) is 17.1 Å². The maximum Gasteiger partial charge on any atom is 0.437 e. The van der Waals surface area contributed by atoms with Gasteiger partial charge >= 0.3 is 18.4 Å². The van der Waals surface area contributed by atoms with Crippen molar-refractivity contribution in [2.45, 2.75) is 84.2 Å². The molecule has 5 rings (SSSR count). The molecule has 2 amide bonds. The molecule has 0 radical (unpaired) electrons. The number of guanidine groups is 1. The van der Waals surface area contributed by atoms with Crippen LogP contribution in [-0.4, -0.2) is 57.5 Å². The summed E-state index contributed by atoms with van der Waals surface area (Å²) in [5.41, 5.74) is -0.798. The number of halogens is 3. The minimum atomic E-state index is -4.37. The zero-order valence-corrected chi connectivity index (χ0v) is 28.8. The summed E-state index contributed by atoms with van der Waals surface area (Å²) < 4.78 is 60.8. The first-order chi connectivity index (χ1) is 23.4. The van der Waals surface area contributed by atoms with Gasteiger partial charge in [0.25, 0.3) is 0 Å². The van der Waals surface area contributed by atoms with E-state index in [-0.39, 0.29) is 11.9 Å². The van der Waals surface area contributed by atoms with Crippen molar-refractivity contribution in [1.82, 2.24) is 20.4 Å². The quantitative estimate of drug-likeness (QED) is 0.156. The number of alkyl halides is 3. The van der Waals surface area contributed by atoms with Crippen LogP contribution in [0.25, 0.3) is 22.2 Å². The summed E-state index contributed by atoms with van der Waals surface area (Å²) in [5, 5.41) is 8.62. The molecule has 2 heterocycles. The van der Waals surface area contributed by atoms with E-state index in [0.717, 1.165) is 28.5 Å². The smallest absolute Gasteiger partial charge is 0.437 e. The van der Waals surface area contributed by atoms with Crippen molar-refractivity contribution >= 4 is 28.9 Å². The maximum atomic E-state index is 12.8. The lowest BCUT2D eigenvalue weighted by atomic mass is 10.1. The molecular formula is C36H40F3N5O6. The number of aliphatic imine (C=N–C) groups is 1. The molecule has 0 spiro atoms. The van der Waals surface area contributed by atoms with E-state index in [0.29, 0.717) is 49.6 Å². The van der Waals surface area contributed by atoms with Gasteiger partial charge in [0.1, 0.15) is 23.0 Å². The second-order valence-electron chi connectivity index (χ2n) is 13.9. The molecule has 1 aromatic heterocycles. The Balaban J connectivity index is 1.28. The SMILES string of the molecule is CC(C)(C)OC(=O)N=C(NC(=O)OC(C)(C)C)N1CCCC1c1nc(-c2ccc3cc(OCCc4ccc(C(F)(F)F)cc4)ccc3c2)no1. The molecule has 4 aromatic rings. The summed E-state index contributed by atoms with van der Waals surface area (Å²) in [5.74, 6) is 1.23.